The molecule has 0 spiro atoms. The molecule has 0 saturated carbocycles. The molecule has 0 saturated heterocycles. The van der Waals surface area contributed by atoms with Gasteiger partial charge in [0.1, 0.15) is 0 Å². The molecule has 0 radical (unpaired) electrons. The first kappa shape index (κ1) is 17.8. The van der Waals surface area contributed by atoms with E-state index in [0.717, 1.165) is 16.1 Å². The Bertz CT molecular complexity index is 890. The second kappa shape index (κ2) is 8.40. The molecule has 0 aliphatic rings. The van der Waals surface area contributed by atoms with E-state index in [1.807, 2.05) is 49.4 Å². The van der Waals surface area contributed by atoms with Gasteiger partial charge in [-0.1, -0.05) is 29.8 Å². The summed E-state index contributed by atoms with van der Waals surface area (Å²) in [5.41, 5.74) is 2.54. The van der Waals surface area contributed by atoms with Gasteiger partial charge in [0, 0.05) is 10.6 Å². The molecule has 1 aromatic heterocycles. The fraction of sp³-hybridized carbons (Fsp3) is 0.100. The highest BCUT2D eigenvalue weighted by molar-refractivity contribution is 8.00. The summed E-state index contributed by atoms with van der Waals surface area (Å²) in [4.78, 5) is 25.1. The predicted octanol–water partition coefficient (Wildman–Crippen LogP) is 4.57. The fourth-order valence-electron chi connectivity index (χ4n) is 2.26. The van der Waals surface area contributed by atoms with E-state index in [9.17, 15) is 9.59 Å². The molecule has 26 heavy (non-hydrogen) atoms. The normalized spacial score (nSPS) is 10.3. The third-order valence-electron chi connectivity index (χ3n) is 3.57. The van der Waals surface area contributed by atoms with Crippen molar-refractivity contribution in [2.45, 2.75) is 11.8 Å². The van der Waals surface area contributed by atoms with Crippen LogP contribution in [-0.2, 0) is 4.79 Å². The second-order valence-electron chi connectivity index (χ2n) is 5.63. The second-order valence-corrected chi connectivity index (χ2v) is 6.65. The van der Waals surface area contributed by atoms with Crippen LogP contribution < -0.4 is 10.6 Å². The Morgan fingerprint density at radius 2 is 1.73 bits per heavy atom. The first-order valence-electron chi connectivity index (χ1n) is 8.05. The molecule has 1 heterocycles. The molecular weight excluding hydrogens is 348 g/mol. The summed E-state index contributed by atoms with van der Waals surface area (Å²) < 4.78 is 5.10. The van der Waals surface area contributed by atoms with Gasteiger partial charge in [-0.3, -0.25) is 9.59 Å². The number of hydrogen-bond donors (Lipinski definition) is 2. The zero-order valence-electron chi connectivity index (χ0n) is 14.2. The fourth-order valence-corrected chi connectivity index (χ4v) is 3.07. The Kier molecular flexibility index (Phi) is 5.76. The number of carbonyl (C=O) groups is 2. The largest absolute Gasteiger partial charge is 0.459 e. The van der Waals surface area contributed by atoms with E-state index in [1.54, 1.807) is 18.2 Å². The van der Waals surface area contributed by atoms with Gasteiger partial charge in [-0.15, -0.1) is 11.8 Å². The zero-order valence-corrected chi connectivity index (χ0v) is 15.0. The highest BCUT2D eigenvalue weighted by Crippen LogP contribution is 2.27. The van der Waals surface area contributed by atoms with E-state index < -0.39 is 0 Å². The van der Waals surface area contributed by atoms with Crippen LogP contribution in [0.1, 0.15) is 16.1 Å². The predicted molar refractivity (Wildman–Crippen MR) is 104 cm³/mol. The minimum Gasteiger partial charge on any atom is -0.459 e. The molecule has 2 aromatic carbocycles. The summed E-state index contributed by atoms with van der Waals surface area (Å²) in [6.45, 7) is 2.00. The smallest absolute Gasteiger partial charge is 0.291 e. The van der Waals surface area contributed by atoms with Crippen molar-refractivity contribution in [2.75, 3.05) is 16.4 Å². The van der Waals surface area contributed by atoms with Crippen LogP contribution in [-0.4, -0.2) is 17.6 Å². The van der Waals surface area contributed by atoms with Gasteiger partial charge in [0.15, 0.2) is 5.76 Å². The summed E-state index contributed by atoms with van der Waals surface area (Å²) in [6, 6.07) is 18.2. The maximum atomic E-state index is 12.2. The molecule has 0 atom stereocenters. The van der Waals surface area contributed by atoms with E-state index in [4.69, 9.17) is 4.42 Å². The molecule has 3 aromatic rings. The number of hydrogen-bond acceptors (Lipinski definition) is 4. The first-order chi connectivity index (χ1) is 12.6. The molecule has 3 rings (SSSR count). The van der Waals surface area contributed by atoms with Crippen molar-refractivity contribution in [3.8, 4) is 0 Å². The van der Waals surface area contributed by atoms with Crippen LogP contribution >= 0.6 is 11.8 Å². The number of nitrogens with one attached hydrogen (secondary N) is 2. The molecule has 0 aliphatic heterocycles. The molecule has 0 aliphatic carbocycles. The lowest BCUT2D eigenvalue weighted by Crippen LogP contribution is -2.15. The van der Waals surface area contributed by atoms with Gasteiger partial charge >= 0.3 is 0 Å². The number of carbonyl (C=O) groups excluding carboxylic acids is 2. The number of rotatable bonds is 6. The summed E-state index contributed by atoms with van der Waals surface area (Å²) in [5, 5.41) is 5.67. The average Bonchev–Trinajstić information content (AvgIpc) is 3.18. The molecule has 5 nitrogen and oxygen atoms in total. The maximum Gasteiger partial charge on any atom is 0.291 e. The summed E-state index contributed by atoms with van der Waals surface area (Å²) >= 11 is 1.36. The Hall–Kier alpha value is -2.99. The molecule has 132 valence electrons. The average molecular weight is 366 g/mol. The van der Waals surface area contributed by atoms with E-state index in [-0.39, 0.29) is 23.3 Å². The van der Waals surface area contributed by atoms with Crippen LogP contribution in [0.2, 0.25) is 0 Å². The van der Waals surface area contributed by atoms with Crippen molar-refractivity contribution < 1.29 is 14.0 Å². The van der Waals surface area contributed by atoms with Gasteiger partial charge in [-0.05, 0) is 43.3 Å². The van der Waals surface area contributed by atoms with Crippen LogP contribution in [0.5, 0.6) is 0 Å². The monoisotopic (exact) mass is 366 g/mol. The number of aryl methyl sites for hydroxylation is 1. The van der Waals surface area contributed by atoms with Crippen LogP contribution in [0.4, 0.5) is 11.4 Å². The first-order valence-corrected chi connectivity index (χ1v) is 9.03. The number of thioether (sulfide) groups is 1. The lowest BCUT2D eigenvalue weighted by atomic mass is 10.2. The molecule has 2 amide bonds. The SMILES string of the molecule is Cc1ccc(NC(=O)CSc2ccccc2NC(=O)c2ccco2)cc1. The lowest BCUT2D eigenvalue weighted by molar-refractivity contribution is -0.113. The van der Waals surface area contributed by atoms with Crippen LogP contribution in [0.15, 0.2) is 76.2 Å². The summed E-state index contributed by atoms with van der Waals surface area (Å²) in [7, 11) is 0. The Morgan fingerprint density at radius 3 is 2.46 bits per heavy atom. The highest BCUT2D eigenvalue weighted by atomic mass is 32.2. The summed E-state index contributed by atoms with van der Waals surface area (Å²) in [5.74, 6) is 0.0433. The van der Waals surface area contributed by atoms with Crippen molar-refractivity contribution in [3.05, 3.63) is 78.3 Å². The van der Waals surface area contributed by atoms with Crippen molar-refractivity contribution in [3.63, 3.8) is 0 Å². The van der Waals surface area contributed by atoms with Crippen LogP contribution in [0.25, 0.3) is 0 Å². The van der Waals surface area contributed by atoms with Crippen molar-refractivity contribution in [1.29, 1.82) is 0 Å². The molecule has 0 fully saturated rings. The van der Waals surface area contributed by atoms with Crippen molar-refractivity contribution in [1.82, 2.24) is 0 Å². The van der Waals surface area contributed by atoms with Gasteiger partial charge in [0.25, 0.3) is 5.91 Å². The molecule has 2 N–H and O–H groups in total. The standard InChI is InChI=1S/C20H18N2O3S/c1-14-8-10-15(11-9-14)21-19(23)13-26-18-7-3-2-5-16(18)22-20(24)17-6-4-12-25-17/h2-12H,13H2,1H3,(H,21,23)(H,22,24). The molecule has 0 unspecified atom stereocenters. The topological polar surface area (TPSA) is 71.3 Å². The quantitative estimate of drug-likeness (QED) is 0.627. The Balaban J connectivity index is 1.60. The Labute approximate surface area is 155 Å². The van der Waals surface area contributed by atoms with E-state index in [2.05, 4.69) is 10.6 Å². The van der Waals surface area contributed by atoms with Crippen molar-refractivity contribution in [2.24, 2.45) is 0 Å². The number of furan rings is 1. The van der Waals surface area contributed by atoms with E-state index in [1.165, 1.54) is 18.0 Å². The molecular formula is C20H18N2O3S. The zero-order chi connectivity index (χ0) is 18.4. The van der Waals surface area contributed by atoms with Gasteiger partial charge < -0.3 is 15.1 Å². The summed E-state index contributed by atoms with van der Waals surface area (Å²) in [6.07, 6.45) is 1.45. The molecule has 6 heteroatoms. The van der Waals surface area contributed by atoms with Crippen LogP contribution in [0.3, 0.4) is 0 Å². The highest BCUT2D eigenvalue weighted by Gasteiger charge is 2.12. The van der Waals surface area contributed by atoms with E-state index in [0.29, 0.717) is 5.69 Å². The minimum absolute atomic E-state index is 0.106. The number of anilines is 2. The van der Waals surface area contributed by atoms with Crippen LogP contribution in [0, 0.1) is 6.92 Å². The maximum absolute atomic E-state index is 12.2. The van der Waals surface area contributed by atoms with E-state index >= 15 is 0 Å². The number of para-hydroxylation sites is 1. The third kappa shape index (κ3) is 4.77. The van der Waals surface area contributed by atoms with Gasteiger partial charge in [-0.2, -0.15) is 0 Å². The van der Waals surface area contributed by atoms with Gasteiger partial charge in [0.2, 0.25) is 5.91 Å². The number of amides is 2. The number of benzene rings is 2. The third-order valence-corrected chi connectivity index (χ3v) is 4.65. The minimum atomic E-state index is -0.327. The lowest BCUT2D eigenvalue weighted by Gasteiger charge is -2.10. The van der Waals surface area contributed by atoms with Gasteiger partial charge in [0.05, 0.1) is 17.7 Å². The Morgan fingerprint density at radius 1 is 0.962 bits per heavy atom. The van der Waals surface area contributed by atoms with Crippen molar-refractivity contribution >= 4 is 35.0 Å². The van der Waals surface area contributed by atoms with Gasteiger partial charge in [-0.25, -0.2) is 0 Å². The molecule has 0 bridgehead atoms.